The van der Waals surface area contributed by atoms with Crippen LogP contribution < -0.4 is 5.32 Å². The second kappa shape index (κ2) is 6.15. The second-order valence-electron chi connectivity index (χ2n) is 5.15. The van der Waals surface area contributed by atoms with E-state index in [0.717, 1.165) is 6.42 Å². The molecule has 1 aliphatic heterocycles. The first-order valence-corrected chi connectivity index (χ1v) is 6.13. The molecule has 104 valence electrons. The predicted octanol–water partition coefficient (Wildman–Crippen LogP) is 0.0766. The van der Waals surface area contributed by atoms with Crippen molar-refractivity contribution in [2.24, 2.45) is 0 Å². The highest BCUT2D eigenvalue weighted by Crippen LogP contribution is 2.25. The fraction of sp³-hybridized carbons (Fsp3) is 0.833. The molecule has 1 unspecified atom stereocenters. The van der Waals surface area contributed by atoms with Crippen molar-refractivity contribution < 1.29 is 19.4 Å². The van der Waals surface area contributed by atoms with E-state index in [2.05, 4.69) is 5.32 Å². The lowest BCUT2D eigenvalue weighted by molar-refractivity contribution is -0.143. The SMILES string of the molecule is COCCN1C(CC(=O)O)C(=O)NCCC1(C)C. The van der Waals surface area contributed by atoms with Crippen LogP contribution in [0.4, 0.5) is 0 Å². The maximum Gasteiger partial charge on any atom is 0.305 e. The molecule has 0 spiro atoms. The zero-order valence-electron chi connectivity index (χ0n) is 11.2. The summed E-state index contributed by atoms with van der Waals surface area (Å²) in [5, 5.41) is 11.7. The van der Waals surface area contributed by atoms with E-state index in [1.807, 2.05) is 18.7 Å². The number of amides is 1. The Kier molecular flexibility index (Phi) is 5.10. The van der Waals surface area contributed by atoms with Gasteiger partial charge in [0.15, 0.2) is 0 Å². The molecule has 1 saturated heterocycles. The fourth-order valence-corrected chi connectivity index (χ4v) is 2.33. The van der Waals surface area contributed by atoms with E-state index in [-0.39, 0.29) is 17.9 Å². The van der Waals surface area contributed by atoms with Gasteiger partial charge in [0.2, 0.25) is 5.91 Å². The largest absolute Gasteiger partial charge is 0.481 e. The van der Waals surface area contributed by atoms with Gasteiger partial charge in [-0.3, -0.25) is 14.5 Å². The molecule has 1 atom stereocenters. The molecule has 0 aromatic rings. The number of carbonyl (C=O) groups is 2. The maximum atomic E-state index is 12.0. The van der Waals surface area contributed by atoms with Crippen LogP contribution in [-0.2, 0) is 14.3 Å². The van der Waals surface area contributed by atoms with E-state index < -0.39 is 12.0 Å². The topological polar surface area (TPSA) is 78.9 Å². The summed E-state index contributed by atoms with van der Waals surface area (Å²) in [7, 11) is 1.59. The van der Waals surface area contributed by atoms with Crippen LogP contribution >= 0.6 is 0 Å². The average Bonchev–Trinajstić information content (AvgIpc) is 2.35. The van der Waals surface area contributed by atoms with Crippen molar-refractivity contribution in [3.05, 3.63) is 0 Å². The van der Waals surface area contributed by atoms with E-state index >= 15 is 0 Å². The van der Waals surface area contributed by atoms with Crippen LogP contribution in [0.3, 0.4) is 0 Å². The van der Waals surface area contributed by atoms with Crippen molar-refractivity contribution in [3.63, 3.8) is 0 Å². The van der Waals surface area contributed by atoms with Gasteiger partial charge in [-0.1, -0.05) is 0 Å². The number of aliphatic carboxylic acids is 1. The minimum Gasteiger partial charge on any atom is -0.481 e. The van der Waals surface area contributed by atoms with Crippen LogP contribution in [0.1, 0.15) is 26.7 Å². The molecule has 6 nitrogen and oxygen atoms in total. The monoisotopic (exact) mass is 258 g/mol. The first-order valence-electron chi connectivity index (χ1n) is 6.13. The Labute approximate surface area is 107 Å². The molecule has 0 saturated carbocycles. The second-order valence-corrected chi connectivity index (χ2v) is 5.15. The van der Waals surface area contributed by atoms with Gasteiger partial charge < -0.3 is 15.2 Å². The summed E-state index contributed by atoms with van der Waals surface area (Å²) in [6.45, 7) is 5.66. The number of nitrogens with zero attached hydrogens (tertiary/aromatic N) is 1. The van der Waals surface area contributed by atoms with Crippen LogP contribution in [0.5, 0.6) is 0 Å². The average molecular weight is 258 g/mol. The van der Waals surface area contributed by atoms with Crippen molar-refractivity contribution in [2.45, 2.75) is 38.3 Å². The van der Waals surface area contributed by atoms with Gasteiger partial charge >= 0.3 is 5.97 Å². The lowest BCUT2D eigenvalue weighted by atomic mass is 9.96. The first kappa shape index (κ1) is 14.9. The van der Waals surface area contributed by atoms with Crippen molar-refractivity contribution in [3.8, 4) is 0 Å². The summed E-state index contributed by atoms with van der Waals surface area (Å²) in [5.41, 5.74) is -0.224. The van der Waals surface area contributed by atoms with Gasteiger partial charge in [0.1, 0.15) is 6.04 Å². The van der Waals surface area contributed by atoms with Gasteiger partial charge in [0, 0.05) is 25.7 Å². The van der Waals surface area contributed by atoms with Gasteiger partial charge in [-0.25, -0.2) is 0 Å². The number of nitrogens with one attached hydrogen (secondary N) is 1. The molecule has 0 aromatic carbocycles. The summed E-state index contributed by atoms with van der Waals surface area (Å²) in [6, 6.07) is -0.629. The molecule has 0 bridgehead atoms. The molecule has 2 N–H and O–H groups in total. The third kappa shape index (κ3) is 3.68. The first-order chi connectivity index (χ1) is 8.38. The van der Waals surface area contributed by atoms with Gasteiger partial charge in [-0.05, 0) is 20.3 Å². The molecule has 0 radical (unpaired) electrons. The third-order valence-corrected chi connectivity index (χ3v) is 3.40. The smallest absolute Gasteiger partial charge is 0.305 e. The minimum absolute atomic E-state index is 0.182. The number of methoxy groups -OCH3 is 1. The molecule has 1 aliphatic rings. The highest BCUT2D eigenvalue weighted by Gasteiger charge is 2.39. The number of carboxylic acids is 1. The zero-order valence-corrected chi connectivity index (χ0v) is 11.2. The molecule has 6 heteroatoms. The van der Waals surface area contributed by atoms with Crippen LogP contribution in [-0.4, -0.2) is 60.3 Å². The van der Waals surface area contributed by atoms with Crippen LogP contribution in [0.2, 0.25) is 0 Å². The van der Waals surface area contributed by atoms with Crippen LogP contribution in [0, 0.1) is 0 Å². The Hall–Kier alpha value is -1.14. The molecular weight excluding hydrogens is 236 g/mol. The molecule has 1 heterocycles. The molecular formula is C12H22N2O4. The van der Waals surface area contributed by atoms with E-state index in [1.165, 1.54) is 0 Å². The Morgan fingerprint density at radius 3 is 2.83 bits per heavy atom. The summed E-state index contributed by atoms with van der Waals surface area (Å²) >= 11 is 0. The molecule has 1 rings (SSSR count). The van der Waals surface area contributed by atoms with Gasteiger partial charge in [-0.2, -0.15) is 0 Å². The van der Waals surface area contributed by atoms with Crippen molar-refractivity contribution >= 4 is 11.9 Å². The van der Waals surface area contributed by atoms with Crippen LogP contribution in [0.15, 0.2) is 0 Å². The summed E-state index contributed by atoms with van der Waals surface area (Å²) < 4.78 is 5.05. The standard InChI is InChI=1S/C12H22N2O4/c1-12(2)4-5-13-11(17)9(8-10(15)16)14(12)6-7-18-3/h9H,4-8H2,1-3H3,(H,13,17)(H,15,16). The third-order valence-electron chi connectivity index (χ3n) is 3.40. The number of carbonyl (C=O) groups excluding carboxylic acids is 1. The number of hydrogen-bond donors (Lipinski definition) is 2. The Morgan fingerprint density at radius 2 is 2.28 bits per heavy atom. The molecule has 1 fully saturated rings. The van der Waals surface area contributed by atoms with E-state index in [9.17, 15) is 9.59 Å². The van der Waals surface area contributed by atoms with E-state index in [1.54, 1.807) is 7.11 Å². The van der Waals surface area contributed by atoms with Gasteiger partial charge in [0.25, 0.3) is 0 Å². The Balaban J connectivity index is 2.93. The summed E-state index contributed by atoms with van der Waals surface area (Å²) in [6.07, 6.45) is 0.609. The number of ether oxygens (including phenoxy) is 1. The van der Waals surface area contributed by atoms with Gasteiger partial charge in [-0.15, -0.1) is 0 Å². The molecule has 1 amide bonds. The summed E-state index contributed by atoms with van der Waals surface area (Å²) in [5.74, 6) is -1.17. The quantitative estimate of drug-likeness (QED) is 0.730. The van der Waals surface area contributed by atoms with Crippen molar-refractivity contribution in [1.29, 1.82) is 0 Å². The van der Waals surface area contributed by atoms with Crippen LogP contribution in [0.25, 0.3) is 0 Å². The van der Waals surface area contributed by atoms with Crippen molar-refractivity contribution in [2.75, 3.05) is 26.8 Å². The number of hydrogen-bond acceptors (Lipinski definition) is 4. The number of carboxylic acid groups (broad SMARTS) is 1. The number of rotatable bonds is 5. The lowest BCUT2D eigenvalue weighted by Crippen LogP contribution is -2.54. The molecule has 0 aliphatic carbocycles. The van der Waals surface area contributed by atoms with Gasteiger partial charge in [0.05, 0.1) is 13.0 Å². The highest BCUT2D eigenvalue weighted by molar-refractivity contribution is 5.86. The van der Waals surface area contributed by atoms with E-state index in [0.29, 0.717) is 19.7 Å². The fourth-order valence-electron chi connectivity index (χ4n) is 2.33. The Morgan fingerprint density at radius 1 is 1.61 bits per heavy atom. The Bertz CT molecular complexity index is 317. The molecule has 18 heavy (non-hydrogen) atoms. The maximum absolute atomic E-state index is 12.0. The zero-order chi connectivity index (χ0) is 13.8. The highest BCUT2D eigenvalue weighted by atomic mass is 16.5. The minimum atomic E-state index is -0.963. The lowest BCUT2D eigenvalue weighted by Gasteiger charge is -2.40. The summed E-state index contributed by atoms with van der Waals surface area (Å²) in [4.78, 5) is 24.8. The molecule has 0 aromatic heterocycles. The normalized spacial score (nSPS) is 24.4. The van der Waals surface area contributed by atoms with E-state index in [4.69, 9.17) is 9.84 Å². The predicted molar refractivity (Wildman–Crippen MR) is 66.3 cm³/mol. The van der Waals surface area contributed by atoms with Crippen molar-refractivity contribution in [1.82, 2.24) is 10.2 Å².